The number of aliphatic carboxylic acids is 1. The Bertz CT molecular complexity index is 1140. The summed E-state index contributed by atoms with van der Waals surface area (Å²) in [6, 6.07) is 7.93. The number of carbonyl (C=O) groups is 3. The van der Waals surface area contributed by atoms with E-state index >= 15 is 0 Å². The van der Waals surface area contributed by atoms with Crippen molar-refractivity contribution in [2.24, 2.45) is 10.8 Å². The first kappa shape index (κ1) is 28.0. The first-order valence-electron chi connectivity index (χ1n) is 12.5. The van der Waals surface area contributed by atoms with Crippen LogP contribution in [0.4, 0.5) is 13.2 Å². The number of carboxylic acid groups (broad SMARTS) is 1. The molecule has 1 atom stereocenters. The number of likely N-dealkylation sites (tertiary alicyclic amines) is 3. The van der Waals surface area contributed by atoms with Gasteiger partial charge in [-0.3, -0.25) is 19.5 Å². The average Bonchev–Trinajstić information content (AvgIpc) is 3.60. The molecule has 0 aliphatic carbocycles. The quantitative estimate of drug-likeness (QED) is 0.621. The molecule has 38 heavy (non-hydrogen) atoms. The molecular formula is C26H31F3N4O4S. The zero-order chi connectivity index (χ0) is 27.6. The van der Waals surface area contributed by atoms with E-state index in [9.17, 15) is 22.8 Å². The molecule has 2 aromatic heterocycles. The molecule has 1 N–H and O–H groups in total. The molecule has 3 aliphatic heterocycles. The Morgan fingerprint density at radius 3 is 2.34 bits per heavy atom. The fourth-order valence-electron chi connectivity index (χ4n) is 6.15. The summed E-state index contributed by atoms with van der Waals surface area (Å²) in [4.78, 5) is 47.0. The molecule has 3 saturated heterocycles. The van der Waals surface area contributed by atoms with Crippen LogP contribution in [0.25, 0.3) is 0 Å². The monoisotopic (exact) mass is 552 g/mol. The Labute approximate surface area is 223 Å². The van der Waals surface area contributed by atoms with E-state index in [1.54, 1.807) is 6.20 Å². The van der Waals surface area contributed by atoms with E-state index < -0.39 is 12.1 Å². The summed E-state index contributed by atoms with van der Waals surface area (Å²) in [6.45, 7) is 7.75. The molecule has 0 bridgehead atoms. The van der Waals surface area contributed by atoms with Gasteiger partial charge in [0.05, 0.1) is 10.3 Å². The first-order chi connectivity index (χ1) is 18.0. The Hall–Kier alpha value is -2.99. The molecular weight excluding hydrogens is 521 g/mol. The zero-order valence-electron chi connectivity index (χ0n) is 21.1. The Morgan fingerprint density at radius 2 is 1.82 bits per heavy atom. The normalized spacial score (nSPS) is 23.1. The third kappa shape index (κ3) is 5.42. The van der Waals surface area contributed by atoms with E-state index in [4.69, 9.17) is 9.90 Å². The second kappa shape index (κ2) is 11.0. The molecule has 3 aliphatic rings. The van der Waals surface area contributed by atoms with Crippen LogP contribution in [-0.2, 0) is 16.1 Å². The van der Waals surface area contributed by atoms with Crippen LogP contribution in [0.15, 0.2) is 42.0 Å². The number of carboxylic acids is 1. The average molecular weight is 553 g/mol. The molecule has 2 amide bonds. The van der Waals surface area contributed by atoms with Crippen LogP contribution in [0.2, 0.25) is 0 Å². The van der Waals surface area contributed by atoms with Gasteiger partial charge in [0.15, 0.2) is 0 Å². The lowest BCUT2D eigenvalue weighted by atomic mass is 9.60. The van der Waals surface area contributed by atoms with Gasteiger partial charge < -0.3 is 14.9 Å². The van der Waals surface area contributed by atoms with Gasteiger partial charge in [-0.05, 0) is 49.3 Å². The van der Waals surface area contributed by atoms with Gasteiger partial charge in [0.25, 0.3) is 5.91 Å². The van der Waals surface area contributed by atoms with Gasteiger partial charge in [0, 0.05) is 63.6 Å². The number of carbonyl (C=O) groups excluding carboxylic acids is 2. The van der Waals surface area contributed by atoms with E-state index in [1.807, 2.05) is 39.6 Å². The molecule has 12 heteroatoms. The number of thiophene rings is 1. The molecule has 5 rings (SSSR count). The number of piperidine rings is 1. The summed E-state index contributed by atoms with van der Waals surface area (Å²) in [5.41, 5.74) is 0.823. The van der Waals surface area contributed by atoms with E-state index in [2.05, 4.69) is 22.9 Å². The Balaban J connectivity index is 0.000000426. The fourth-order valence-corrected chi connectivity index (χ4v) is 6.85. The highest BCUT2D eigenvalue weighted by molar-refractivity contribution is 7.12. The maximum absolute atomic E-state index is 13.6. The highest BCUT2D eigenvalue weighted by Crippen LogP contribution is 2.58. The lowest BCUT2D eigenvalue weighted by Gasteiger charge is -2.47. The van der Waals surface area contributed by atoms with Crippen molar-refractivity contribution in [3.63, 3.8) is 0 Å². The highest BCUT2D eigenvalue weighted by Gasteiger charge is 2.65. The maximum atomic E-state index is 13.6. The molecule has 0 aromatic carbocycles. The number of fused-ring (bicyclic) bond motifs is 1. The second-order valence-electron chi connectivity index (χ2n) is 10.1. The van der Waals surface area contributed by atoms with Crippen molar-refractivity contribution in [3.05, 3.63) is 52.5 Å². The van der Waals surface area contributed by atoms with Crippen molar-refractivity contribution in [3.8, 4) is 0 Å². The summed E-state index contributed by atoms with van der Waals surface area (Å²) in [5, 5.41) is 9.08. The number of alkyl halides is 3. The number of hydrogen-bond donors (Lipinski definition) is 1. The molecule has 206 valence electrons. The van der Waals surface area contributed by atoms with Crippen LogP contribution < -0.4 is 0 Å². The second-order valence-corrected chi connectivity index (χ2v) is 11.0. The number of hydrogen-bond acceptors (Lipinski definition) is 6. The largest absolute Gasteiger partial charge is 0.490 e. The smallest absolute Gasteiger partial charge is 0.475 e. The molecule has 2 aromatic rings. The minimum Gasteiger partial charge on any atom is -0.475 e. The van der Waals surface area contributed by atoms with Crippen LogP contribution in [-0.4, -0.2) is 88.0 Å². The van der Waals surface area contributed by atoms with E-state index in [-0.39, 0.29) is 16.7 Å². The third-order valence-corrected chi connectivity index (χ3v) is 8.89. The summed E-state index contributed by atoms with van der Waals surface area (Å²) in [7, 11) is 0. The van der Waals surface area contributed by atoms with Crippen LogP contribution in [0.5, 0.6) is 0 Å². The molecule has 1 unspecified atom stereocenters. The van der Waals surface area contributed by atoms with Crippen molar-refractivity contribution in [1.29, 1.82) is 0 Å². The minimum absolute atomic E-state index is 0.0531. The van der Waals surface area contributed by atoms with Crippen molar-refractivity contribution >= 4 is 29.1 Å². The standard InChI is InChI=1S/C24H30N4O2S.C2HF3O2/c1-2-27-13-9-24(22(27)30)18-26(16-19-5-3-10-25-15-19)17-23(24)7-11-28(12-8-23)21(29)20-6-4-14-31-20;3-2(4,5)1(6)7/h3-6,10,14-15H,2,7-9,11-13,16-18H2,1H3;(H,6,7). The molecule has 5 heterocycles. The predicted molar refractivity (Wildman–Crippen MR) is 134 cm³/mol. The number of amides is 2. The number of rotatable bonds is 4. The predicted octanol–water partition coefficient (Wildman–Crippen LogP) is 3.75. The van der Waals surface area contributed by atoms with Gasteiger partial charge in [-0.2, -0.15) is 13.2 Å². The topological polar surface area (TPSA) is 94.0 Å². The Morgan fingerprint density at radius 1 is 1.11 bits per heavy atom. The van der Waals surface area contributed by atoms with E-state index in [1.165, 1.54) is 16.9 Å². The number of nitrogens with zero attached hydrogens (tertiary/aromatic N) is 4. The summed E-state index contributed by atoms with van der Waals surface area (Å²) >= 11 is 1.51. The van der Waals surface area contributed by atoms with Gasteiger partial charge in [0.2, 0.25) is 5.91 Å². The molecule has 2 spiro atoms. The van der Waals surface area contributed by atoms with Gasteiger partial charge in [-0.25, -0.2) is 4.79 Å². The molecule has 0 radical (unpaired) electrons. The zero-order valence-corrected chi connectivity index (χ0v) is 21.9. The maximum Gasteiger partial charge on any atom is 0.490 e. The fraction of sp³-hybridized carbons (Fsp3) is 0.538. The van der Waals surface area contributed by atoms with Crippen LogP contribution in [0, 0.1) is 10.8 Å². The van der Waals surface area contributed by atoms with Crippen LogP contribution >= 0.6 is 11.3 Å². The van der Waals surface area contributed by atoms with Gasteiger partial charge in [-0.1, -0.05) is 12.1 Å². The lowest BCUT2D eigenvalue weighted by molar-refractivity contribution is -0.192. The van der Waals surface area contributed by atoms with Gasteiger partial charge >= 0.3 is 12.1 Å². The lowest BCUT2D eigenvalue weighted by Crippen LogP contribution is -2.53. The molecule has 0 saturated carbocycles. The summed E-state index contributed by atoms with van der Waals surface area (Å²) < 4.78 is 31.7. The van der Waals surface area contributed by atoms with Crippen LogP contribution in [0.1, 0.15) is 41.4 Å². The van der Waals surface area contributed by atoms with Gasteiger partial charge in [-0.15, -0.1) is 11.3 Å². The minimum atomic E-state index is -5.08. The Kier molecular flexibility index (Phi) is 8.12. The molecule has 3 fully saturated rings. The SMILES string of the molecule is CCN1CCC2(CN(Cc3cccnc3)CC23CCN(C(=O)c2cccs2)CC3)C1=O.O=C(O)C(F)(F)F. The van der Waals surface area contributed by atoms with Gasteiger partial charge in [0.1, 0.15) is 0 Å². The third-order valence-electron chi connectivity index (χ3n) is 8.03. The first-order valence-corrected chi connectivity index (χ1v) is 13.4. The van der Waals surface area contributed by atoms with E-state index in [0.717, 1.165) is 70.0 Å². The number of pyridine rings is 1. The van der Waals surface area contributed by atoms with Crippen molar-refractivity contribution < 1.29 is 32.7 Å². The summed E-state index contributed by atoms with van der Waals surface area (Å²) in [5.74, 6) is -2.29. The number of halogens is 3. The highest BCUT2D eigenvalue weighted by atomic mass is 32.1. The molecule has 8 nitrogen and oxygen atoms in total. The number of aromatic nitrogens is 1. The van der Waals surface area contributed by atoms with Crippen molar-refractivity contribution in [2.45, 2.75) is 38.9 Å². The van der Waals surface area contributed by atoms with E-state index in [0.29, 0.717) is 5.91 Å². The van der Waals surface area contributed by atoms with Crippen molar-refractivity contribution in [1.82, 2.24) is 19.7 Å². The van der Waals surface area contributed by atoms with Crippen molar-refractivity contribution in [2.75, 3.05) is 39.3 Å². The summed E-state index contributed by atoms with van der Waals surface area (Å²) in [6.07, 6.45) is 1.38. The van der Waals surface area contributed by atoms with Crippen LogP contribution in [0.3, 0.4) is 0 Å².